The lowest BCUT2D eigenvalue weighted by Crippen LogP contribution is -2.07. The Morgan fingerprint density at radius 1 is 1.08 bits per heavy atom. The molecule has 2 heteroatoms. The van der Waals surface area contributed by atoms with Gasteiger partial charge in [-0.05, 0) is 0 Å². The van der Waals surface area contributed by atoms with E-state index in [1.807, 2.05) is 0 Å². The van der Waals surface area contributed by atoms with Gasteiger partial charge in [0.15, 0.2) is 0 Å². The molecule has 0 aromatic heterocycles. The van der Waals surface area contributed by atoms with Gasteiger partial charge in [-0.2, -0.15) is 0 Å². The Morgan fingerprint density at radius 3 is 2.38 bits per heavy atom. The third kappa shape index (κ3) is 6.84. The maximum absolute atomic E-state index is 2.30. The van der Waals surface area contributed by atoms with Crippen LogP contribution in [0.25, 0.3) is 0 Å². The number of hydrogen-bond donors (Lipinski definition) is 0. The van der Waals surface area contributed by atoms with Crippen molar-refractivity contribution in [3.8, 4) is 0 Å². The molecule has 13 heavy (non-hydrogen) atoms. The SMILES string of the molecule is CCCC[CH2][Al][CH]1CCCCC1.Cl. The van der Waals surface area contributed by atoms with Gasteiger partial charge in [0.2, 0.25) is 15.2 Å². The van der Waals surface area contributed by atoms with Gasteiger partial charge in [-0.3, -0.25) is 0 Å². The summed E-state index contributed by atoms with van der Waals surface area (Å²) in [6.07, 6.45) is 12.1. The van der Waals surface area contributed by atoms with Crippen LogP contribution in [0, 0.1) is 0 Å². The minimum absolute atomic E-state index is 0. The van der Waals surface area contributed by atoms with Crippen LogP contribution in [-0.4, -0.2) is 15.2 Å². The molecule has 0 amide bonds. The van der Waals surface area contributed by atoms with Crippen LogP contribution in [0.15, 0.2) is 0 Å². The van der Waals surface area contributed by atoms with Gasteiger partial charge in [-0.25, -0.2) is 0 Å². The van der Waals surface area contributed by atoms with Crippen LogP contribution in [0.2, 0.25) is 10.1 Å². The first-order valence-electron chi connectivity index (χ1n) is 5.77. The van der Waals surface area contributed by atoms with Crippen molar-refractivity contribution in [1.29, 1.82) is 0 Å². The summed E-state index contributed by atoms with van der Waals surface area (Å²) in [7, 11) is 0. The first-order chi connectivity index (χ1) is 5.93. The molecule has 0 spiro atoms. The summed E-state index contributed by atoms with van der Waals surface area (Å²) < 4.78 is 1.19. The number of rotatable bonds is 5. The summed E-state index contributed by atoms with van der Waals surface area (Å²) >= 11 is 0.818. The van der Waals surface area contributed by atoms with Crippen LogP contribution in [0.4, 0.5) is 0 Å². The van der Waals surface area contributed by atoms with Crippen molar-refractivity contribution < 1.29 is 0 Å². The second kappa shape index (κ2) is 9.38. The zero-order valence-corrected chi connectivity index (χ0v) is 10.9. The van der Waals surface area contributed by atoms with E-state index in [1.165, 1.54) is 43.3 Å². The summed E-state index contributed by atoms with van der Waals surface area (Å²) in [6, 6.07) is 0. The maximum Gasteiger partial charge on any atom is 0.205 e. The van der Waals surface area contributed by atoms with Crippen LogP contribution < -0.4 is 0 Å². The molecule has 0 aromatic carbocycles. The molecule has 0 atom stereocenters. The normalized spacial score (nSPS) is 17.9. The minimum atomic E-state index is 0. The molecular weight excluding hydrogens is 195 g/mol. The summed E-state index contributed by atoms with van der Waals surface area (Å²) in [4.78, 5) is 0. The van der Waals surface area contributed by atoms with Gasteiger partial charge >= 0.3 is 0 Å². The number of hydrogen-bond acceptors (Lipinski definition) is 0. The van der Waals surface area contributed by atoms with E-state index in [2.05, 4.69) is 6.92 Å². The van der Waals surface area contributed by atoms with Gasteiger partial charge in [-0.1, -0.05) is 63.1 Å². The van der Waals surface area contributed by atoms with Crippen LogP contribution in [0.1, 0.15) is 58.3 Å². The molecule has 1 rings (SSSR count). The smallest absolute Gasteiger partial charge is 0.147 e. The van der Waals surface area contributed by atoms with Crippen molar-refractivity contribution in [1.82, 2.24) is 0 Å². The lowest BCUT2D eigenvalue weighted by atomic mass is 10.0. The summed E-state index contributed by atoms with van der Waals surface area (Å²) in [5, 5.41) is 1.58. The van der Waals surface area contributed by atoms with Crippen molar-refractivity contribution in [2.45, 2.75) is 68.4 Å². The molecule has 0 N–H and O–H groups in total. The van der Waals surface area contributed by atoms with Gasteiger partial charge in [0.25, 0.3) is 0 Å². The molecule has 1 fully saturated rings. The van der Waals surface area contributed by atoms with Gasteiger partial charge in [0.1, 0.15) is 0 Å². The monoisotopic (exact) mass is 217 g/mol. The van der Waals surface area contributed by atoms with Crippen molar-refractivity contribution in [3.05, 3.63) is 0 Å². The van der Waals surface area contributed by atoms with Crippen LogP contribution in [-0.2, 0) is 0 Å². The summed E-state index contributed by atoms with van der Waals surface area (Å²) in [5.74, 6) is 0. The Morgan fingerprint density at radius 2 is 1.77 bits per heavy atom. The second-order valence-electron chi connectivity index (χ2n) is 4.13. The Labute approximate surface area is 96.0 Å². The predicted molar refractivity (Wildman–Crippen MR) is 64.2 cm³/mol. The third-order valence-electron chi connectivity index (χ3n) is 2.96. The van der Waals surface area contributed by atoms with E-state index >= 15 is 0 Å². The van der Waals surface area contributed by atoms with Gasteiger partial charge in [0, 0.05) is 0 Å². The molecule has 1 aliphatic carbocycles. The average molecular weight is 218 g/mol. The fraction of sp³-hybridized carbons (Fsp3) is 1.00. The highest BCUT2D eigenvalue weighted by atomic mass is 35.5. The van der Waals surface area contributed by atoms with Gasteiger partial charge in [-0.15, -0.1) is 17.7 Å². The number of halogens is 1. The van der Waals surface area contributed by atoms with E-state index in [0.717, 1.165) is 15.2 Å². The van der Waals surface area contributed by atoms with Crippen molar-refractivity contribution >= 4 is 27.6 Å². The Hall–Kier alpha value is 0.822. The fourth-order valence-electron chi connectivity index (χ4n) is 2.12. The highest BCUT2D eigenvalue weighted by molar-refractivity contribution is 6.37. The lowest BCUT2D eigenvalue weighted by Gasteiger charge is -2.20. The molecule has 0 heterocycles. The van der Waals surface area contributed by atoms with Crippen molar-refractivity contribution in [2.24, 2.45) is 0 Å². The molecular formula is C11H23AlCl. The second-order valence-corrected chi connectivity index (χ2v) is 6.12. The zero-order chi connectivity index (χ0) is 8.65. The largest absolute Gasteiger partial charge is 0.205 e. The third-order valence-corrected chi connectivity index (χ3v) is 5.03. The zero-order valence-electron chi connectivity index (χ0n) is 8.93. The van der Waals surface area contributed by atoms with E-state index < -0.39 is 0 Å². The molecule has 1 aliphatic rings. The fourth-order valence-corrected chi connectivity index (χ4v) is 4.06. The minimum Gasteiger partial charge on any atom is -0.147 e. The molecule has 0 nitrogen and oxygen atoms in total. The molecule has 0 aromatic rings. The van der Waals surface area contributed by atoms with E-state index in [-0.39, 0.29) is 12.4 Å². The van der Waals surface area contributed by atoms with Gasteiger partial charge in [0.05, 0.1) is 0 Å². The Bertz CT molecular complexity index is 100. The topological polar surface area (TPSA) is 0 Å². The Kier molecular flexibility index (Phi) is 9.97. The first-order valence-corrected chi connectivity index (χ1v) is 7.25. The highest BCUT2D eigenvalue weighted by Crippen LogP contribution is 2.28. The molecule has 0 saturated heterocycles. The standard InChI is InChI=1S/C6H11.C5H11.Al.ClH/c1-2-4-6-5-3-1;1-3-5-4-2;;/h1H,2-6H2;1,3-5H2,2H3;;1H. The van der Waals surface area contributed by atoms with E-state index in [9.17, 15) is 0 Å². The maximum atomic E-state index is 2.30. The molecule has 0 bridgehead atoms. The lowest BCUT2D eigenvalue weighted by molar-refractivity contribution is 0.499. The highest BCUT2D eigenvalue weighted by Gasteiger charge is 2.13. The first kappa shape index (κ1) is 13.8. The average Bonchev–Trinajstić information content (AvgIpc) is 2.14. The summed E-state index contributed by atoms with van der Waals surface area (Å²) in [5.41, 5.74) is 0. The van der Waals surface area contributed by atoms with E-state index in [1.54, 1.807) is 18.1 Å². The quantitative estimate of drug-likeness (QED) is 0.471. The van der Waals surface area contributed by atoms with Crippen molar-refractivity contribution in [2.75, 3.05) is 0 Å². The predicted octanol–water partition coefficient (Wildman–Crippen LogP) is 4.47. The molecule has 1 radical (unpaired) electrons. The van der Waals surface area contributed by atoms with Crippen LogP contribution in [0.5, 0.6) is 0 Å². The molecule has 1 saturated carbocycles. The van der Waals surface area contributed by atoms with Gasteiger partial charge < -0.3 is 0 Å². The molecule has 0 unspecified atom stereocenters. The Balaban J connectivity index is 0.00000144. The van der Waals surface area contributed by atoms with Crippen LogP contribution in [0.3, 0.4) is 0 Å². The van der Waals surface area contributed by atoms with Crippen molar-refractivity contribution in [3.63, 3.8) is 0 Å². The van der Waals surface area contributed by atoms with Crippen LogP contribution >= 0.6 is 12.4 Å². The van der Waals surface area contributed by atoms with E-state index in [0.29, 0.717) is 0 Å². The number of unbranched alkanes of at least 4 members (excludes halogenated alkanes) is 2. The summed E-state index contributed by atoms with van der Waals surface area (Å²) in [6.45, 7) is 2.30. The van der Waals surface area contributed by atoms with E-state index in [4.69, 9.17) is 0 Å². The molecule has 77 valence electrons. The molecule has 0 aliphatic heterocycles.